The first-order valence-corrected chi connectivity index (χ1v) is 4.84. The molecule has 0 heterocycles. The molecule has 1 rings (SSSR count). The maximum Gasteiger partial charge on any atom is 0.241 e. The van der Waals surface area contributed by atoms with Gasteiger partial charge in [0, 0.05) is 6.42 Å². The zero-order chi connectivity index (χ0) is 12.8. The van der Waals surface area contributed by atoms with Crippen LogP contribution in [0, 0.1) is 5.82 Å². The van der Waals surface area contributed by atoms with Gasteiger partial charge in [0.1, 0.15) is 5.82 Å². The summed E-state index contributed by atoms with van der Waals surface area (Å²) in [4.78, 5) is 22.6. The molecule has 0 unspecified atom stereocenters. The van der Waals surface area contributed by atoms with Crippen LogP contribution in [0.2, 0.25) is 0 Å². The number of nitrogens with two attached hydrogens (primary N) is 2. The molecule has 0 bridgehead atoms. The van der Waals surface area contributed by atoms with Crippen LogP contribution in [0.15, 0.2) is 24.3 Å². The third-order valence-corrected chi connectivity index (χ3v) is 2.28. The van der Waals surface area contributed by atoms with Gasteiger partial charge in [-0.2, -0.15) is 0 Å². The molecular weight excluding hydrogens is 227 g/mol. The fourth-order valence-corrected chi connectivity index (χ4v) is 1.40. The summed E-state index contributed by atoms with van der Waals surface area (Å²) < 4.78 is 12.7. The van der Waals surface area contributed by atoms with Crippen LogP contribution in [0.5, 0.6) is 0 Å². The first kappa shape index (κ1) is 13.1. The van der Waals surface area contributed by atoms with Crippen molar-refractivity contribution < 1.29 is 14.0 Å². The SMILES string of the molecule is NNC(=O)C[C@H](C(=O)NN)c1ccc(F)cc1. The quantitative estimate of drug-likeness (QED) is 0.316. The summed E-state index contributed by atoms with van der Waals surface area (Å²) in [5, 5.41) is 0. The Bertz CT molecular complexity index is 407. The van der Waals surface area contributed by atoms with Gasteiger partial charge in [-0.1, -0.05) is 12.1 Å². The molecule has 2 amide bonds. The Labute approximate surface area is 97.1 Å². The lowest BCUT2D eigenvalue weighted by molar-refractivity contribution is -0.127. The summed E-state index contributed by atoms with van der Waals surface area (Å²) in [7, 11) is 0. The Morgan fingerprint density at radius 2 is 1.76 bits per heavy atom. The van der Waals surface area contributed by atoms with E-state index in [0.29, 0.717) is 5.56 Å². The van der Waals surface area contributed by atoms with Gasteiger partial charge < -0.3 is 0 Å². The summed E-state index contributed by atoms with van der Waals surface area (Å²) in [6.07, 6.45) is -0.162. The summed E-state index contributed by atoms with van der Waals surface area (Å²) in [6, 6.07) is 5.23. The van der Waals surface area contributed by atoms with E-state index in [2.05, 4.69) is 0 Å². The van der Waals surface area contributed by atoms with E-state index < -0.39 is 23.5 Å². The average molecular weight is 240 g/mol. The van der Waals surface area contributed by atoms with Gasteiger partial charge in [0.15, 0.2) is 0 Å². The number of rotatable bonds is 4. The Morgan fingerprint density at radius 3 is 2.24 bits per heavy atom. The van der Waals surface area contributed by atoms with Crippen LogP contribution >= 0.6 is 0 Å². The number of carbonyl (C=O) groups is 2. The van der Waals surface area contributed by atoms with E-state index in [1.807, 2.05) is 10.9 Å². The van der Waals surface area contributed by atoms with Crippen molar-refractivity contribution in [2.45, 2.75) is 12.3 Å². The van der Waals surface area contributed by atoms with Gasteiger partial charge in [0.25, 0.3) is 0 Å². The number of hydrazine groups is 2. The van der Waals surface area contributed by atoms with Crippen molar-refractivity contribution in [1.29, 1.82) is 0 Å². The van der Waals surface area contributed by atoms with Crippen LogP contribution in [0.4, 0.5) is 4.39 Å². The molecular formula is C10H13FN4O2. The van der Waals surface area contributed by atoms with Crippen LogP contribution in [0.3, 0.4) is 0 Å². The maximum absolute atomic E-state index is 12.7. The van der Waals surface area contributed by atoms with Gasteiger partial charge in [-0.05, 0) is 17.7 Å². The molecule has 0 saturated heterocycles. The van der Waals surface area contributed by atoms with Gasteiger partial charge in [0.05, 0.1) is 5.92 Å². The van der Waals surface area contributed by atoms with Gasteiger partial charge in [-0.15, -0.1) is 0 Å². The third kappa shape index (κ3) is 3.51. The summed E-state index contributed by atoms with van der Waals surface area (Å²) >= 11 is 0. The smallest absolute Gasteiger partial charge is 0.241 e. The Balaban J connectivity index is 2.93. The topological polar surface area (TPSA) is 110 Å². The predicted octanol–water partition coefficient (Wildman–Crippen LogP) is -0.721. The first-order chi connectivity index (χ1) is 8.08. The number of halogens is 1. The molecule has 0 radical (unpaired) electrons. The van der Waals surface area contributed by atoms with Crippen LogP contribution < -0.4 is 22.5 Å². The second-order valence-corrected chi connectivity index (χ2v) is 3.38. The molecule has 0 aromatic heterocycles. The molecule has 0 aliphatic carbocycles. The summed E-state index contributed by atoms with van der Waals surface area (Å²) in [6.45, 7) is 0. The van der Waals surface area contributed by atoms with Crippen molar-refractivity contribution in [3.8, 4) is 0 Å². The Hall–Kier alpha value is -1.99. The second-order valence-electron chi connectivity index (χ2n) is 3.38. The minimum atomic E-state index is -0.802. The average Bonchev–Trinajstić information content (AvgIpc) is 2.36. The molecule has 6 nitrogen and oxygen atoms in total. The van der Waals surface area contributed by atoms with E-state index in [-0.39, 0.29) is 6.42 Å². The monoisotopic (exact) mass is 240 g/mol. The highest BCUT2D eigenvalue weighted by atomic mass is 19.1. The molecule has 7 heteroatoms. The molecule has 17 heavy (non-hydrogen) atoms. The number of benzene rings is 1. The molecule has 1 aromatic rings. The van der Waals surface area contributed by atoms with Crippen molar-refractivity contribution in [2.24, 2.45) is 11.7 Å². The fourth-order valence-electron chi connectivity index (χ4n) is 1.40. The molecule has 0 fully saturated rings. The van der Waals surface area contributed by atoms with Crippen LogP contribution in [0.25, 0.3) is 0 Å². The van der Waals surface area contributed by atoms with Crippen LogP contribution in [-0.4, -0.2) is 11.8 Å². The number of hydrogen-bond acceptors (Lipinski definition) is 4. The lowest BCUT2D eigenvalue weighted by Gasteiger charge is -2.14. The highest BCUT2D eigenvalue weighted by Crippen LogP contribution is 2.20. The minimum absolute atomic E-state index is 0.162. The Kier molecular flexibility index (Phi) is 4.56. The lowest BCUT2D eigenvalue weighted by Crippen LogP contribution is -2.38. The van der Waals surface area contributed by atoms with Gasteiger partial charge in [0.2, 0.25) is 11.8 Å². The van der Waals surface area contributed by atoms with Crippen molar-refractivity contribution in [1.82, 2.24) is 10.9 Å². The normalized spacial score (nSPS) is 11.7. The van der Waals surface area contributed by atoms with E-state index in [4.69, 9.17) is 11.7 Å². The van der Waals surface area contributed by atoms with Gasteiger partial charge in [-0.3, -0.25) is 20.4 Å². The molecule has 0 saturated carbocycles. The van der Waals surface area contributed by atoms with Crippen molar-refractivity contribution in [2.75, 3.05) is 0 Å². The number of hydrogen-bond donors (Lipinski definition) is 4. The van der Waals surface area contributed by atoms with Crippen molar-refractivity contribution in [3.05, 3.63) is 35.6 Å². The number of nitrogens with one attached hydrogen (secondary N) is 2. The van der Waals surface area contributed by atoms with E-state index in [1.165, 1.54) is 24.3 Å². The molecule has 0 aliphatic rings. The van der Waals surface area contributed by atoms with E-state index in [1.54, 1.807) is 0 Å². The number of carbonyl (C=O) groups excluding carboxylic acids is 2. The maximum atomic E-state index is 12.7. The molecule has 0 aliphatic heterocycles. The standard InChI is InChI=1S/C10H13FN4O2/c11-7-3-1-6(2-4-7)8(10(17)15-13)5-9(16)14-12/h1-4,8H,5,12-13H2,(H,14,16)(H,15,17)/t8-/m0/s1. The molecule has 6 N–H and O–H groups in total. The second kappa shape index (κ2) is 5.92. The summed E-state index contributed by atoms with van der Waals surface area (Å²) in [5.74, 6) is 7.68. The van der Waals surface area contributed by atoms with Gasteiger partial charge in [-0.25, -0.2) is 16.1 Å². The van der Waals surface area contributed by atoms with Crippen molar-refractivity contribution in [3.63, 3.8) is 0 Å². The lowest BCUT2D eigenvalue weighted by atomic mass is 9.94. The third-order valence-electron chi connectivity index (χ3n) is 2.28. The number of amides is 2. The molecule has 1 aromatic carbocycles. The van der Waals surface area contributed by atoms with E-state index in [0.717, 1.165) is 0 Å². The molecule has 1 atom stereocenters. The zero-order valence-corrected chi connectivity index (χ0v) is 8.94. The first-order valence-electron chi connectivity index (χ1n) is 4.84. The minimum Gasteiger partial charge on any atom is -0.294 e. The van der Waals surface area contributed by atoms with Crippen LogP contribution in [0.1, 0.15) is 17.9 Å². The predicted molar refractivity (Wildman–Crippen MR) is 58.4 cm³/mol. The molecule has 0 spiro atoms. The van der Waals surface area contributed by atoms with E-state index in [9.17, 15) is 14.0 Å². The molecule has 92 valence electrons. The Morgan fingerprint density at radius 1 is 1.18 bits per heavy atom. The largest absolute Gasteiger partial charge is 0.294 e. The van der Waals surface area contributed by atoms with Gasteiger partial charge >= 0.3 is 0 Å². The van der Waals surface area contributed by atoms with E-state index >= 15 is 0 Å². The highest BCUT2D eigenvalue weighted by molar-refractivity contribution is 5.89. The zero-order valence-electron chi connectivity index (χ0n) is 8.94. The van der Waals surface area contributed by atoms with Crippen LogP contribution in [-0.2, 0) is 9.59 Å². The fraction of sp³-hybridized carbons (Fsp3) is 0.200. The summed E-state index contributed by atoms with van der Waals surface area (Å²) in [5.41, 5.74) is 4.36. The highest BCUT2D eigenvalue weighted by Gasteiger charge is 2.22. The van der Waals surface area contributed by atoms with Crippen molar-refractivity contribution >= 4 is 11.8 Å².